The Morgan fingerprint density at radius 2 is 1.78 bits per heavy atom. The third-order valence-electron chi connectivity index (χ3n) is 8.59. The standard InChI is InChI=1S/C35H51N7O6S/c1-23(2)42(25-15-12-17-40(21-25)48-32(45)34(3,4)5)30(43)26-19-28-29(20-27(26)36-6)49-35(37-7,38-8)31(44)41(28)18-16-39-33(46)47-22-24-13-10-9-11-14-24/h9-11,13-14,19-20,23,25,36-38H,12,15-18,21-22H2,1-8H3,(H,39,46)/t25-/m1/s1. The Labute approximate surface area is 293 Å². The quantitative estimate of drug-likeness (QED) is 0.239. The van der Waals surface area contributed by atoms with Gasteiger partial charge in [0.2, 0.25) is 4.99 Å². The fraction of sp³-hybridized carbons (Fsp3) is 0.543. The van der Waals surface area contributed by atoms with Crippen molar-refractivity contribution in [3.8, 4) is 0 Å². The lowest BCUT2D eigenvalue weighted by Gasteiger charge is -2.43. The lowest BCUT2D eigenvalue weighted by atomic mass is 9.97. The fourth-order valence-corrected chi connectivity index (χ4v) is 7.09. The van der Waals surface area contributed by atoms with Gasteiger partial charge in [-0.05, 0) is 79.3 Å². The highest BCUT2D eigenvalue weighted by Gasteiger charge is 2.46. The van der Waals surface area contributed by atoms with Crippen LogP contribution >= 0.6 is 11.8 Å². The first-order chi connectivity index (χ1) is 23.2. The van der Waals surface area contributed by atoms with Gasteiger partial charge < -0.3 is 30.0 Å². The van der Waals surface area contributed by atoms with Crippen LogP contribution < -0.4 is 26.2 Å². The Kier molecular flexibility index (Phi) is 12.6. The number of fused-ring (bicyclic) bond motifs is 1. The molecule has 2 aromatic carbocycles. The summed E-state index contributed by atoms with van der Waals surface area (Å²) in [4.78, 5) is 62.5. The number of benzene rings is 2. The largest absolute Gasteiger partial charge is 0.445 e. The van der Waals surface area contributed by atoms with Gasteiger partial charge in [-0.2, -0.15) is 0 Å². The molecular weight excluding hydrogens is 646 g/mol. The average molecular weight is 698 g/mol. The molecule has 0 aliphatic carbocycles. The van der Waals surface area contributed by atoms with Gasteiger partial charge in [0.25, 0.3) is 11.8 Å². The number of thioether (sulfide) groups is 1. The molecule has 49 heavy (non-hydrogen) atoms. The number of nitrogens with one attached hydrogen (secondary N) is 4. The summed E-state index contributed by atoms with van der Waals surface area (Å²) in [5, 5.41) is 13.8. The fourth-order valence-electron chi connectivity index (χ4n) is 5.91. The van der Waals surface area contributed by atoms with Crippen molar-refractivity contribution in [3.63, 3.8) is 0 Å². The van der Waals surface area contributed by atoms with E-state index in [4.69, 9.17) is 9.57 Å². The molecule has 1 fully saturated rings. The van der Waals surface area contributed by atoms with Crippen LogP contribution in [-0.4, -0.2) is 98.2 Å². The molecule has 2 aliphatic rings. The van der Waals surface area contributed by atoms with E-state index in [1.54, 1.807) is 37.2 Å². The van der Waals surface area contributed by atoms with Crippen molar-refractivity contribution < 1.29 is 28.8 Å². The van der Waals surface area contributed by atoms with Crippen LogP contribution in [0.3, 0.4) is 0 Å². The van der Waals surface area contributed by atoms with Gasteiger partial charge in [-0.15, -0.1) is 5.06 Å². The van der Waals surface area contributed by atoms with Crippen molar-refractivity contribution in [2.24, 2.45) is 5.41 Å². The van der Waals surface area contributed by atoms with Crippen LogP contribution in [0.1, 0.15) is 63.4 Å². The second-order valence-electron chi connectivity index (χ2n) is 13.5. The maximum Gasteiger partial charge on any atom is 0.407 e. The topological polar surface area (TPSA) is 145 Å². The van der Waals surface area contributed by atoms with Gasteiger partial charge in [0, 0.05) is 49.3 Å². The van der Waals surface area contributed by atoms with Gasteiger partial charge in [0.1, 0.15) is 6.61 Å². The van der Waals surface area contributed by atoms with Crippen LogP contribution in [0.5, 0.6) is 0 Å². The van der Waals surface area contributed by atoms with Gasteiger partial charge in [-0.3, -0.25) is 20.2 Å². The molecule has 0 bridgehead atoms. The van der Waals surface area contributed by atoms with Gasteiger partial charge >= 0.3 is 12.1 Å². The SMILES string of the molecule is CNc1cc2c(cc1C(=O)N(C(C)C)[C@@H]1CCCN(OC(=O)C(C)(C)C)C1)N(CCNC(=O)OCc1ccccc1)C(=O)C(NC)(NC)S2. The van der Waals surface area contributed by atoms with E-state index in [9.17, 15) is 19.2 Å². The zero-order chi connectivity index (χ0) is 35.9. The molecule has 14 heteroatoms. The summed E-state index contributed by atoms with van der Waals surface area (Å²) < 4.78 is 5.36. The van der Waals surface area contributed by atoms with Crippen molar-refractivity contribution in [3.05, 3.63) is 53.6 Å². The van der Waals surface area contributed by atoms with Crippen molar-refractivity contribution >= 4 is 47.0 Å². The number of carbonyl (C=O) groups excluding carboxylic acids is 4. The third kappa shape index (κ3) is 8.85. The summed E-state index contributed by atoms with van der Waals surface area (Å²) in [6.07, 6.45) is 0.921. The highest BCUT2D eigenvalue weighted by Crippen LogP contribution is 2.45. The van der Waals surface area contributed by atoms with Gasteiger partial charge in [-0.25, -0.2) is 9.59 Å². The summed E-state index contributed by atoms with van der Waals surface area (Å²) >= 11 is 1.32. The number of hydrogen-bond donors (Lipinski definition) is 4. The first-order valence-electron chi connectivity index (χ1n) is 16.7. The molecule has 0 saturated carbocycles. The lowest BCUT2D eigenvalue weighted by Crippen LogP contribution is -2.64. The third-order valence-corrected chi connectivity index (χ3v) is 10.0. The van der Waals surface area contributed by atoms with Crippen LogP contribution in [0.4, 0.5) is 16.2 Å². The van der Waals surface area contributed by atoms with E-state index >= 15 is 0 Å². The molecule has 4 rings (SSSR count). The molecule has 268 valence electrons. The minimum atomic E-state index is -1.17. The van der Waals surface area contributed by atoms with Crippen LogP contribution in [0.2, 0.25) is 0 Å². The molecule has 0 radical (unpaired) electrons. The molecule has 0 spiro atoms. The Hall–Kier alpha value is -3.85. The number of piperidine rings is 1. The lowest BCUT2D eigenvalue weighted by molar-refractivity contribution is -0.208. The number of rotatable bonds is 12. The highest BCUT2D eigenvalue weighted by atomic mass is 32.2. The maximum atomic E-state index is 14.5. The first kappa shape index (κ1) is 38.0. The Morgan fingerprint density at radius 1 is 1.08 bits per heavy atom. The minimum absolute atomic E-state index is 0.118. The smallest absolute Gasteiger partial charge is 0.407 e. The van der Waals surface area contributed by atoms with Crippen molar-refractivity contribution in [2.45, 2.75) is 76.0 Å². The van der Waals surface area contributed by atoms with Crippen LogP contribution in [0.25, 0.3) is 0 Å². The summed E-state index contributed by atoms with van der Waals surface area (Å²) in [5.41, 5.74) is 1.80. The van der Waals surface area contributed by atoms with E-state index in [1.807, 2.05) is 75.9 Å². The molecule has 1 saturated heterocycles. The molecule has 2 heterocycles. The number of amides is 3. The number of hydrogen-bond acceptors (Lipinski definition) is 11. The monoisotopic (exact) mass is 697 g/mol. The van der Waals surface area contributed by atoms with Crippen LogP contribution in [-0.2, 0) is 25.8 Å². The van der Waals surface area contributed by atoms with Gasteiger partial charge in [0.15, 0.2) is 0 Å². The number of alkyl carbamates (subject to hydrolysis) is 1. The predicted molar refractivity (Wildman–Crippen MR) is 191 cm³/mol. The average Bonchev–Trinajstić information content (AvgIpc) is 3.07. The molecule has 0 aromatic heterocycles. The molecule has 1 atom stereocenters. The van der Waals surface area contributed by atoms with E-state index in [1.165, 1.54) is 11.8 Å². The molecule has 13 nitrogen and oxygen atoms in total. The zero-order valence-electron chi connectivity index (χ0n) is 29.8. The van der Waals surface area contributed by atoms with Crippen LogP contribution in [0.15, 0.2) is 47.4 Å². The molecule has 3 amide bonds. The Balaban J connectivity index is 1.60. The number of anilines is 2. The van der Waals surface area contributed by atoms with E-state index in [2.05, 4.69) is 21.3 Å². The Morgan fingerprint density at radius 3 is 2.39 bits per heavy atom. The maximum absolute atomic E-state index is 14.5. The van der Waals surface area contributed by atoms with Crippen molar-refractivity contribution in [1.29, 1.82) is 0 Å². The van der Waals surface area contributed by atoms with Crippen LogP contribution in [0, 0.1) is 5.41 Å². The summed E-state index contributed by atoms with van der Waals surface area (Å²) in [6.45, 7) is 10.7. The van der Waals surface area contributed by atoms with Gasteiger partial charge in [0.05, 0.1) is 23.2 Å². The van der Waals surface area contributed by atoms with Gasteiger partial charge in [-0.1, -0.05) is 42.1 Å². The second kappa shape index (κ2) is 16.2. The number of likely N-dealkylation sites (N-methyl/N-ethyl adjacent to an activating group) is 2. The number of hydroxylamine groups is 2. The van der Waals surface area contributed by atoms with E-state index < -0.39 is 16.5 Å². The minimum Gasteiger partial charge on any atom is -0.445 e. The molecule has 4 N–H and O–H groups in total. The molecule has 2 aromatic rings. The summed E-state index contributed by atoms with van der Waals surface area (Å²) in [7, 11) is 5.16. The number of carbonyl (C=O) groups is 4. The van der Waals surface area contributed by atoms with Crippen molar-refractivity contribution in [1.82, 2.24) is 25.9 Å². The number of nitrogens with zero attached hydrogens (tertiary/aromatic N) is 3. The Bertz CT molecular complexity index is 1500. The number of ether oxygens (including phenoxy) is 1. The van der Waals surface area contributed by atoms with E-state index in [0.29, 0.717) is 30.0 Å². The van der Waals surface area contributed by atoms with E-state index in [-0.39, 0.29) is 49.6 Å². The molecule has 2 aliphatic heterocycles. The predicted octanol–water partition coefficient (Wildman–Crippen LogP) is 4.01. The summed E-state index contributed by atoms with van der Waals surface area (Å²) in [5.74, 6) is -0.784. The second-order valence-corrected chi connectivity index (χ2v) is 14.7. The first-order valence-corrected chi connectivity index (χ1v) is 17.6. The molecular formula is C35H51N7O6S. The highest BCUT2D eigenvalue weighted by molar-refractivity contribution is 8.01. The normalized spacial score (nSPS) is 17.7. The van der Waals surface area contributed by atoms with Crippen molar-refractivity contribution in [2.75, 3.05) is 57.5 Å². The molecule has 0 unspecified atom stereocenters. The zero-order valence-corrected chi connectivity index (χ0v) is 30.7. The summed E-state index contributed by atoms with van der Waals surface area (Å²) in [6, 6.07) is 12.7. The van der Waals surface area contributed by atoms with E-state index in [0.717, 1.165) is 23.3 Å².